The van der Waals surface area contributed by atoms with Crippen molar-refractivity contribution >= 4 is 46.0 Å². The number of ketones is 1. The molecule has 4 unspecified atom stereocenters. The first kappa shape index (κ1) is 27.1. The second-order valence-corrected chi connectivity index (χ2v) is 11.4. The number of carbonyl (C=O) groups is 3. The SMILES string of the molecule is COCC(=O)N1C(C(=O)N2CCNCC2)C(c2cccs2)C(C(=O)c2ccc([N+](=O)[O-])cc2)C1c1cccs1. The molecule has 0 saturated carbocycles. The minimum Gasteiger partial charge on any atom is -0.375 e. The Labute approximate surface area is 233 Å². The summed E-state index contributed by atoms with van der Waals surface area (Å²) < 4.78 is 5.23. The van der Waals surface area contributed by atoms with Crippen molar-refractivity contribution in [1.82, 2.24) is 15.1 Å². The van der Waals surface area contributed by atoms with Gasteiger partial charge in [0, 0.05) is 66.7 Å². The lowest BCUT2D eigenvalue weighted by atomic mass is 9.79. The minimum absolute atomic E-state index is 0.119. The summed E-state index contributed by atoms with van der Waals surface area (Å²) in [6.45, 7) is 2.07. The number of hydrogen-bond acceptors (Lipinski definition) is 9. The van der Waals surface area contributed by atoms with E-state index < -0.39 is 28.8 Å². The number of methoxy groups -OCH3 is 1. The van der Waals surface area contributed by atoms with E-state index in [1.54, 1.807) is 9.80 Å². The van der Waals surface area contributed by atoms with Gasteiger partial charge in [-0.2, -0.15) is 0 Å². The van der Waals surface area contributed by atoms with Gasteiger partial charge in [-0.25, -0.2) is 0 Å². The highest BCUT2D eigenvalue weighted by Crippen LogP contribution is 2.53. The van der Waals surface area contributed by atoms with Crippen LogP contribution >= 0.6 is 22.7 Å². The quantitative estimate of drug-likeness (QED) is 0.251. The molecule has 204 valence electrons. The molecule has 12 heteroatoms. The molecule has 1 N–H and O–H groups in total. The number of rotatable bonds is 8. The van der Waals surface area contributed by atoms with Crippen molar-refractivity contribution in [3.63, 3.8) is 0 Å². The Morgan fingerprint density at radius 1 is 1.03 bits per heavy atom. The molecule has 1 aromatic carbocycles. The number of likely N-dealkylation sites (tertiary alicyclic amines) is 1. The van der Waals surface area contributed by atoms with Gasteiger partial charge in [-0.1, -0.05) is 12.1 Å². The molecule has 2 aliphatic heterocycles. The van der Waals surface area contributed by atoms with Crippen LogP contribution in [0.15, 0.2) is 59.3 Å². The molecule has 10 nitrogen and oxygen atoms in total. The number of nitro groups is 1. The van der Waals surface area contributed by atoms with Crippen LogP contribution in [-0.4, -0.2) is 78.3 Å². The highest BCUT2D eigenvalue weighted by Gasteiger charge is 2.58. The Hall–Kier alpha value is -3.45. The lowest BCUT2D eigenvalue weighted by Crippen LogP contribution is -2.55. The number of ether oxygens (including phenoxy) is 1. The third-order valence-corrected chi connectivity index (χ3v) is 9.19. The Kier molecular flexibility index (Phi) is 8.17. The van der Waals surface area contributed by atoms with Crippen LogP contribution in [0.1, 0.15) is 32.1 Å². The monoisotopic (exact) mass is 568 g/mol. The molecule has 39 heavy (non-hydrogen) atoms. The third kappa shape index (κ3) is 5.24. The molecule has 4 heterocycles. The Morgan fingerprint density at radius 3 is 2.23 bits per heavy atom. The first-order valence-corrected chi connectivity index (χ1v) is 14.3. The molecular formula is C27H28N4O6S2. The summed E-state index contributed by atoms with van der Waals surface area (Å²) in [5.74, 6) is -2.23. The number of carbonyl (C=O) groups excluding carboxylic acids is 3. The summed E-state index contributed by atoms with van der Waals surface area (Å²) in [5, 5.41) is 18.3. The van der Waals surface area contributed by atoms with Gasteiger partial charge in [0.15, 0.2) is 5.78 Å². The fourth-order valence-corrected chi connectivity index (χ4v) is 7.37. The average molecular weight is 569 g/mol. The van der Waals surface area contributed by atoms with Gasteiger partial charge in [0.05, 0.1) is 16.9 Å². The van der Waals surface area contributed by atoms with E-state index in [1.165, 1.54) is 54.0 Å². The van der Waals surface area contributed by atoms with Gasteiger partial charge in [-0.3, -0.25) is 24.5 Å². The Balaban J connectivity index is 1.68. The standard InChI is InChI=1S/C27H28N4O6S2/c1-37-16-21(32)30-24(20-5-3-15-39-20)23(26(33)17-6-8-18(9-7-17)31(35)36)22(19-4-2-14-38-19)25(30)27(34)29-12-10-28-11-13-29/h2-9,14-15,22-25,28H,10-13,16H2,1H3. The average Bonchev–Trinajstić information content (AvgIpc) is 3.73. The largest absolute Gasteiger partial charge is 0.375 e. The van der Waals surface area contributed by atoms with Gasteiger partial charge < -0.3 is 19.9 Å². The van der Waals surface area contributed by atoms with Crippen LogP contribution in [0.5, 0.6) is 0 Å². The third-order valence-electron chi connectivity index (χ3n) is 7.28. The van der Waals surface area contributed by atoms with Crippen LogP contribution in [0.2, 0.25) is 0 Å². The van der Waals surface area contributed by atoms with E-state index in [1.807, 2.05) is 35.0 Å². The molecule has 5 rings (SSSR count). The normalized spacial score (nSPS) is 23.1. The van der Waals surface area contributed by atoms with E-state index in [-0.39, 0.29) is 29.9 Å². The lowest BCUT2D eigenvalue weighted by Gasteiger charge is -2.36. The number of amides is 2. The predicted molar refractivity (Wildman–Crippen MR) is 147 cm³/mol. The highest BCUT2D eigenvalue weighted by atomic mass is 32.1. The van der Waals surface area contributed by atoms with Gasteiger partial charge in [-0.05, 0) is 35.0 Å². The summed E-state index contributed by atoms with van der Waals surface area (Å²) in [5.41, 5.74) is 0.175. The number of nitro benzene ring substituents is 1. The van der Waals surface area contributed by atoms with E-state index in [9.17, 15) is 24.5 Å². The van der Waals surface area contributed by atoms with Crippen LogP contribution in [0.25, 0.3) is 0 Å². The smallest absolute Gasteiger partial charge is 0.269 e. The van der Waals surface area contributed by atoms with Crippen molar-refractivity contribution in [2.45, 2.75) is 18.0 Å². The molecule has 2 amide bonds. The van der Waals surface area contributed by atoms with Crippen LogP contribution in [0.4, 0.5) is 5.69 Å². The van der Waals surface area contributed by atoms with Crippen LogP contribution in [0.3, 0.4) is 0 Å². The van der Waals surface area contributed by atoms with E-state index in [2.05, 4.69) is 5.32 Å². The van der Waals surface area contributed by atoms with E-state index in [0.717, 1.165) is 9.75 Å². The maximum Gasteiger partial charge on any atom is 0.269 e. The molecular weight excluding hydrogens is 540 g/mol. The van der Waals surface area contributed by atoms with Crippen molar-refractivity contribution in [2.75, 3.05) is 39.9 Å². The first-order chi connectivity index (χ1) is 18.9. The maximum atomic E-state index is 14.3. The first-order valence-electron chi connectivity index (χ1n) is 12.6. The molecule has 2 fully saturated rings. The fraction of sp³-hybridized carbons (Fsp3) is 0.370. The number of hydrogen-bond donors (Lipinski definition) is 1. The van der Waals surface area contributed by atoms with E-state index in [4.69, 9.17) is 4.74 Å². The zero-order chi connectivity index (χ0) is 27.5. The van der Waals surface area contributed by atoms with Crippen molar-refractivity contribution in [3.8, 4) is 0 Å². The molecule has 4 atom stereocenters. The topological polar surface area (TPSA) is 122 Å². The second kappa shape index (κ2) is 11.7. The highest BCUT2D eigenvalue weighted by molar-refractivity contribution is 7.10. The Morgan fingerprint density at radius 2 is 1.67 bits per heavy atom. The van der Waals surface area contributed by atoms with Crippen molar-refractivity contribution in [2.24, 2.45) is 5.92 Å². The molecule has 0 spiro atoms. The number of benzene rings is 1. The Bertz CT molecular complexity index is 1320. The lowest BCUT2D eigenvalue weighted by molar-refractivity contribution is -0.384. The number of nitrogens with one attached hydrogen (secondary N) is 1. The second-order valence-electron chi connectivity index (χ2n) is 9.45. The van der Waals surface area contributed by atoms with Crippen molar-refractivity contribution in [1.29, 1.82) is 0 Å². The van der Waals surface area contributed by atoms with Gasteiger partial charge in [0.1, 0.15) is 12.6 Å². The van der Waals surface area contributed by atoms with Crippen LogP contribution in [0, 0.1) is 16.0 Å². The fourth-order valence-electron chi connectivity index (χ4n) is 5.60. The number of nitrogens with zero attached hydrogens (tertiary/aromatic N) is 3. The van der Waals surface area contributed by atoms with Crippen molar-refractivity contribution < 1.29 is 24.0 Å². The molecule has 2 saturated heterocycles. The van der Waals surface area contributed by atoms with Crippen molar-refractivity contribution in [3.05, 3.63) is 84.7 Å². The molecule has 2 aromatic heterocycles. The van der Waals surface area contributed by atoms with Crippen LogP contribution < -0.4 is 5.32 Å². The molecule has 0 aliphatic carbocycles. The summed E-state index contributed by atoms with van der Waals surface area (Å²) >= 11 is 2.87. The summed E-state index contributed by atoms with van der Waals surface area (Å²) in [6.07, 6.45) is 0. The van der Waals surface area contributed by atoms with Gasteiger partial charge in [-0.15, -0.1) is 22.7 Å². The summed E-state index contributed by atoms with van der Waals surface area (Å²) in [7, 11) is 1.43. The predicted octanol–water partition coefficient (Wildman–Crippen LogP) is 3.33. The number of Topliss-reactive ketones (excluding diaryl/α,β-unsaturated/α-hetero) is 1. The molecule has 2 aliphatic rings. The maximum absolute atomic E-state index is 14.3. The van der Waals surface area contributed by atoms with E-state index in [0.29, 0.717) is 31.7 Å². The molecule has 3 aromatic rings. The number of thiophene rings is 2. The molecule has 0 radical (unpaired) electrons. The zero-order valence-corrected chi connectivity index (χ0v) is 22.9. The molecule has 0 bridgehead atoms. The van der Waals surface area contributed by atoms with Gasteiger partial charge in [0.25, 0.3) is 5.69 Å². The summed E-state index contributed by atoms with van der Waals surface area (Å²) in [6, 6.07) is 11.4. The number of non-ortho nitro benzene ring substituents is 1. The zero-order valence-electron chi connectivity index (χ0n) is 21.2. The van der Waals surface area contributed by atoms with Gasteiger partial charge in [0.2, 0.25) is 11.8 Å². The van der Waals surface area contributed by atoms with E-state index >= 15 is 0 Å². The summed E-state index contributed by atoms with van der Waals surface area (Å²) in [4.78, 5) is 58.0. The van der Waals surface area contributed by atoms with Crippen LogP contribution in [-0.2, 0) is 14.3 Å². The number of piperazine rings is 1. The van der Waals surface area contributed by atoms with Gasteiger partial charge >= 0.3 is 0 Å². The minimum atomic E-state index is -0.913.